The molecule has 17 heteroatoms. The van der Waals surface area contributed by atoms with Gasteiger partial charge < -0.3 is 4.90 Å². The van der Waals surface area contributed by atoms with Crippen LogP contribution < -0.4 is 4.90 Å². The van der Waals surface area contributed by atoms with Crippen molar-refractivity contribution in [1.29, 1.82) is 5.26 Å². The molecule has 3 aromatic heterocycles. The zero-order valence-electron chi connectivity index (χ0n) is 25.6. The summed E-state index contributed by atoms with van der Waals surface area (Å²) in [6.45, 7) is 5.42. The van der Waals surface area contributed by atoms with Crippen LogP contribution in [0, 0.1) is 41.6 Å². The van der Waals surface area contributed by atoms with Gasteiger partial charge in [0.2, 0.25) is 5.82 Å². The van der Waals surface area contributed by atoms with Crippen molar-refractivity contribution in [1.82, 2.24) is 32.8 Å². The normalized spacial score (nSPS) is 13.9. The van der Waals surface area contributed by atoms with E-state index in [1.165, 1.54) is 24.9 Å². The molecule has 0 bridgehead atoms. The minimum atomic E-state index is -3.91. The molecular weight excluding hydrogens is 678 g/mol. The van der Waals surface area contributed by atoms with E-state index in [9.17, 15) is 21.6 Å². The van der Waals surface area contributed by atoms with Gasteiger partial charge in [-0.15, -0.1) is 0 Å². The number of nitrogens with zero attached hydrogens (tertiary/aromatic N) is 9. The van der Waals surface area contributed by atoms with E-state index in [2.05, 4.69) is 27.0 Å². The average molecular weight is 707 g/mol. The van der Waals surface area contributed by atoms with Crippen molar-refractivity contribution in [2.45, 2.75) is 26.7 Å². The first-order chi connectivity index (χ1) is 22.2. The first-order valence-electron chi connectivity index (χ1n) is 14.2. The van der Waals surface area contributed by atoms with Gasteiger partial charge in [0.1, 0.15) is 46.5 Å². The highest BCUT2D eigenvalue weighted by atomic mass is 35.5. The van der Waals surface area contributed by atoms with E-state index < -0.39 is 33.2 Å². The van der Waals surface area contributed by atoms with Gasteiger partial charge in [-0.2, -0.15) is 41.5 Å². The van der Waals surface area contributed by atoms with Crippen LogP contribution in [0.3, 0.4) is 0 Å². The molecule has 47 heavy (non-hydrogen) atoms. The number of hydrogen-bond donors (Lipinski definition) is 0. The molecule has 0 unspecified atom stereocenters. The van der Waals surface area contributed by atoms with E-state index in [4.69, 9.17) is 28.5 Å². The highest BCUT2D eigenvalue weighted by molar-refractivity contribution is 7.87. The van der Waals surface area contributed by atoms with Gasteiger partial charge in [-0.05, 0) is 25.7 Å². The smallest absolute Gasteiger partial charge is 0.309 e. The summed E-state index contributed by atoms with van der Waals surface area (Å²) in [6, 6.07) is 10.2. The number of imidazole rings is 1. The molecule has 5 aromatic rings. The predicted octanol–water partition coefficient (Wildman–Crippen LogP) is 6.14. The summed E-state index contributed by atoms with van der Waals surface area (Å²) in [5.74, 6) is -2.16. The lowest BCUT2D eigenvalue weighted by atomic mass is 9.98. The number of aromatic nitrogens is 6. The number of rotatable bonds is 5. The molecule has 0 spiro atoms. The zero-order chi connectivity index (χ0) is 34.2. The van der Waals surface area contributed by atoms with Crippen LogP contribution in [0.15, 0.2) is 42.7 Å². The fourth-order valence-electron chi connectivity index (χ4n) is 5.10. The van der Waals surface area contributed by atoms with Crippen LogP contribution in [0.25, 0.3) is 28.2 Å². The summed E-state index contributed by atoms with van der Waals surface area (Å²) < 4.78 is 70.5. The van der Waals surface area contributed by atoms with E-state index in [0.29, 0.717) is 42.5 Å². The zero-order valence-corrected chi connectivity index (χ0v) is 27.9. The van der Waals surface area contributed by atoms with Crippen molar-refractivity contribution in [2.24, 2.45) is 5.92 Å². The Kier molecular flexibility index (Phi) is 9.78. The van der Waals surface area contributed by atoms with E-state index in [-0.39, 0.29) is 33.2 Å². The molecule has 1 aliphatic heterocycles. The molecule has 1 saturated heterocycles. The van der Waals surface area contributed by atoms with Crippen LogP contribution in [-0.2, 0) is 10.2 Å². The van der Waals surface area contributed by atoms with Crippen molar-refractivity contribution in [3.63, 3.8) is 0 Å². The molecule has 4 heterocycles. The number of anilines is 1. The maximum atomic E-state index is 14.5. The lowest BCUT2D eigenvalue weighted by Crippen LogP contribution is -2.35. The molecule has 1 aliphatic rings. The van der Waals surface area contributed by atoms with Crippen LogP contribution >= 0.6 is 23.2 Å². The lowest BCUT2D eigenvalue weighted by Gasteiger charge is -2.33. The second-order valence-corrected chi connectivity index (χ2v) is 13.8. The van der Waals surface area contributed by atoms with E-state index in [1.54, 1.807) is 18.2 Å². The van der Waals surface area contributed by atoms with E-state index >= 15 is 0 Å². The first kappa shape index (κ1) is 34.1. The SMILES string of the molecule is CC1CCN(c2c(-c3c(F)cc(F)cc3F)c(Cl)nc3ncnn23)CC1.Cc1ccc(-c2c(Cl)nc(C#N)n2S(=O)(=O)N(C)C)cc1. The molecule has 6 rings (SSSR count). The van der Waals surface area contributed by atoms with E-state index in [1.807, 2.05) is 24.0 Å². The molecular formula is C30H28Cl2F3N9O2S. The summed E-state index contributed by atoms with van der Waals surface area (Å²) in [6.07, 6.45) is 3.14. The van der Waals surface area contributed by atoms with Gasteiger partial charge in [-0.3, -0.25) is 0 Å². The fourth-order valence-corrected chi connectivity index (χ4v) is 6.73. The Morgan fingerprint density at radius 1 is 0.979 bits per heavy atom. The van der Waals surface area contributed by atoms with Gasteiger partial charge in [0.05, 0.1) is 11.1 Å². The van der Waals surface area contributed by atoms with Crippen molar-refractivity contribution >= 4 is 45.0 Å². The summed E-state index contributed by atoms with van der Waals surface area (Å²) >= 11 is 12.3. The molecule has 246 valence electrons. The third kappa shape index (κ3) is 6.64. The molecule has 0 N–H and O–H groups in total. The number of nitriles is 1. The Morgan fingerprint density at radius 2 is 1.60 bits per heavy atom. The summed E-state index contributed by atoms with van der Waals surface area (Å²) in [7, 11) is -1.15. The molecule has 1 fully saturated rings. The Bertz CT molecular complexity index is 2080. The Balaban J connectivity index is 0.000000189. The van der Waals surface area contributed by atoms with Crippen molar-refractivity contribution in [2.75, 3.05) is 32.1 Å². The van der Waals surface area contributed by atoms with Gasteiger partial charge >= 0.3 is 10.2 Å². The minimum Gasteiger partial charge on any atom is -0.356 e. The number of aryl methyl sites for hydroxylation is 1. The van der Waals surface area contributed by atoms with Gasteiger partial charge in [-0.25, -0.2) is 18.2 Å². The van der Waals surface area contributed by atoms with Gasteiger partial charge in [0, 0.05) is 44.9 Å². The van der Waals surface area contributed by atoms with Gasteiger partial charge in [0.15, 0.2) is 5.15 Å². The second-order valence-electron chi connectivity index (χ2n) is 11.1. The van der Waals surface area contributed by atoms with Gasteiger partial charge in [-0.1, -0.05) is 60.0 Å². The third-order valence-corrected chi connectivity index (χ3v) is 9.89. The minimum absolute atomic E-state index is 0.0270. The van der Waals surface area contributed by atoms with Gasteiger partial charge in [0.25, 0.3) is 5.78 Å². The van der Waals surface area contributed by atoms with Crippen molar-refractivity contribution in [3.8, 4) is 28.5 Å². The number of benzene rings is 2. The molecule has 0 aliphatic carbocycles. The standard InChI is InChI=1S/C17H15ClF3N5.C13H13ClN4O2S/c1-9-2-4-25(5-3-9)16-14(13-11(20)6-10(19)7-12(13)21)15(18)24-17-22-8-23-26(16)17;1-9-4-6-10(7-5-9)12-13(14)16-11(8-15)18(12)21(19,20)17(2)3/h6-9H,2-5H2,1H3;4-7H,1-3H3. The predicted molar refractivity (Wildman–Crippen MR) is 172 cm³/mol. The van der Waals surface area contributed by atoms with Crippen LogP contribution in [-0.4, -0.2) is 68.4 Å². The maximum absolute atomic E-state index is 14.5. The molecule has 0 atom stereocenters. The van der Waals surface area contributed by atoms with Crippen LogP contribution in [0.1, 0.15) is 31.2 Å². The largest absolute Gasteiger partial charge is 0.356 e. The third-order valence-electron chi connectivity index (χ3n) is 7.61. The second kappa shape index (κ2) is 13.5. The van der Waals surface area contributed by atoms with Crippen molar-refractivity contribution in [3.05, 3.63) is 81.9 Å². The molecule has 11 nitrogen and oxygen atoms in total. The Morgan fingerprint density at radius 3 is 2.17 bits per heavy atom. The number of hydrogen-bond acceptors (Lipinski definition) is 8. The quantitative estimate of drug-likeness (QED) is 0.200. The van der Waals surface area contributed by atoms with Crippen LogP contribution in [0.2, 0.25) is 10.3 Å². The highest BCUT2D eigenvalue weighted by Crippen LogP contribution is 2.40. The summed E-state index contributed by atoms with van der Waals surface area (Å²) in [5.41, 5.74) is 1.41. The molecule has 2 aromatic carbocycles. The fraction of sp³-hybridized carbons (Fsp3) is 0.300. The highest BCUT2D eigenvalue weighted by Gasteiger charge is 2.30. The number of halogens is 5. The molecule has 0 saturated carbocycles. The van der Waals surface area contributed by atoms with Crippen LogP contribution in [0.4, 0.5) is 19.0 Å². The van der Waals surface area contributed by atoms with Crippen molar-refractivity contribution < 1.29 is 21.6 Å². The Labute approximate surface area is 279 Å². The maximum Gasteiger partial charge on any atom is 0.309 e. The average Bonchev–Trinajstić information content (AvgIpc) is 3.62. The lowest BCUT2D eigenvalue weighted by molar-refractivity contribution is 0.435. The van der Waals surface area contributed by atoms with E-state index in [0.717, 1.165) is 26.7 Å². The number of fused-ring (bicyclic) bond motifs is 1. The molecule has 0 amide bonds. The first-order valence-corrected chi connectivity index (χ1v) is 16.4. The van der Waals surface area contributed by atoms with Crippen LogP contribution in [0.5, 0.6) is 0 Å². The Hall–Kier alpha value is -4.23. The summed E-state index contributed by atoms with van der Waals surface area (Å²) in [5, 5.41) is 13.1. The monoisotopic (exact) mass is 705 g/mol. The molecule has 0 radical (unpaired) electrons. The number of piperidine rings is 1. The summed E-state index contributed by atoms with van der Waals surface area (Å²) in [4.78, 5) is 13.9. The topological polar surface area (TPSA) is 125 Å².